The topological polar surface area (TPSA) is 285 Å². The predicted octanol–water partition coefficient (Wildman–Crippen LogP) is -2.04. The fourth-order valence-electron chi connectivity index (χ4n) is 3.25. The standard InChI is InChI=1S/C18H24N10O8S2/c1-18(2,15(31)32)36-26-13(10-7-37-17(21)24-10)12(29)3-9-11(28(14(9)30)38(33,34)35)6-27-23-5-8(25-27)4-22-16(19)20/h5,7,9,11H,3-4,6H2,1-2H3,(H2,21,24)(H,31,32)(H4,19,20,22)(H,33,34,35)/b26-13-/t9-,11+/m0/s1. The number of aliphatic imine (C=N–C) groups is 1. The highest BCUT2D eigenvalue weighted by Gasteiger charge is 2.54. The number of nitrogen functional groups attached to an aromatic ring is 1. The monoisotopic (exact) mass is 572 g/mol. The summed E-state index contributed by atoms with van der Waals surface area (Å²) in [6, 6.07) is -1.25. The van der Waals surface area contributed by atoms with E-state index in [-0.39, 0.29) is 34.2 Å². The molecule has 0 radical (unpaired) electrons. The number of anilines is 1. The largest absolute Gasteiger partial charge is 0.478 e. The maximum absolute atomic E-state index is 13.2. The van der Waals surface area contributed by atoms with Crippen LogP contribution < -0.4 is 17.2 Å². The zero-order valence-corrected chi connectivity index (χ0v) is 21.6. The molecule has 0 aromatic carbocycles. The van der Waals surface area contributed by atoms with Gasteiger partial charge in [0.15, 0.2) is 22.6 Å². The van der Waals surface area contributed by atoms with Crippen molar-refractivity contribution in [3.8, 4) is 0 Å². The number of carboxylic acid groups (broad SMARTS) is 1. The highest BCUT2D eigenvalue weighted by Crippen LogP contribution is 2.33. The van der Waals surface area contributed by atoms with E-state index in [4.69, 9.17) is 22.0 Å². The number of guanidine groups is 1. The minimum Gasteiger partial charge on any atom is -0.478 e. The van der Waals surface area contributed by atoms with Gasteiger partial charge in [-0.1, -0.05) is 5.16 Å². The third-order valence-corrected chi connectivity index (χ3v) is 6.84. The Labute approximate surface area is 219 Å². The van der Waals surface area contributed by atoms with Crippen molar-refractivity contribution in [2.45, 2.75) is 45.0 Å². The van der Waals surface area contributed by atoms with Crippen molar-refractivity contribution in [2.24, 2.45) is 27.5 Å². The van der Waals surface area contributed by atoms with Gasteiger partial charge in [-0.15, -0.1) is 11.3 Å². The van der Waals surface area contributed by atoms with Crippen molar-refractivity contribution in [1.82, 2.24) is 24.3 Å². The number of thiazole rings is 1. The lowest BCUT2D eigenvalue weighted by atomic mass is 9.84. The van der Waals surface area contributed by atoms with Crippen molar-refractivity contribution >= 4 is 56.1 Å². The number of carboxylic acids is 1. The van der Waals surface area contributed by atoms with Crippen LogP contribution in [0.15, 0.2) is 21.7 Å². The Morgan fingerprint density at radius 3 is 2.55 bits per heavy atom. The molecule has 2 aromatic heterocycles. The van der Waals surface area contributed by atoms with Crippen molar-refractivity contribution in [3.63, 3.8) is 0 Å². The summed E-state index contributed by atoms with van der Waals surface area (Å²) in [5, 5.41) is 22.4. The molecule has 18 nitrogen and oxygen atoms in total. The van der Waals surface area contributed by atoms with E-state index in [2.05, 4.69) is 25.3 Å². The Morgan fingerprint density at radius 1 is 1.32 bits per heavy atom. The van der Waals surface area contributed by atoms with Crippen molar-refractivity contribution < 1.29 is 37.3 Å². The average Bonchev–Trinajstić information content (AvgIpc) is 3.43. The van der Waals surface area contributed by atoms with E-state index in [1.165, 1.54) is 25.4 Å². The molecule has 0 spiro atoms. The van der Waals surface area contributed by atoms with Crippen LogP contribution in [0.1, 0.15) is 31.7 Å². The zero-order valence-electron chi connectivity index (χ0n) is 20.0. The molecular formula is C18H24N10O8S2. The Bertz CT molecular complexity index is 1410. The lowest BCUT2D eigenvalue weighted by Gasteiger charge is -2.43. The molecule has 0 bridgehead atoms. The molecule has 8 N–H and O–H groups in total. The van der Waals surface area contributed by atoms with Crippen LogP contribution in [-0.4, -0.2) is 83.3 Å². The molecule has 1 amide bonds. The van der Waals surface area contributed by atoms with E-state index in [0.717, 1.165) is 16.1 Å². The number of Topliss-reactive ketones (excluding diaryl/α,β-unsaturated/α-hetero) is 1. The van der Waals surface area contributed by atoms with Gasteiger partial charge in [0.1, 0.15) is 11.4 Å². The molecule has 2 aromatic rings. The number of nitrogens with zero attached hydrogens (tertiary/aromatic N) is 7. The van der Waals surface area contributed by atoms with Gasteiger partial charge in [-0.25, -0.2) is 19.1 Å². The molecule has 3 rings (SSSR count). The quantitative estimate of drug-likeness (QED) is 0.0602. The van der Waals surface area contributed by atoms with Gasteiger partial charge < -0.3 is 27.1 Å². The van der Waals surface area contributed by atoms with Gasteiger partial charge in [-0.05, 0) is 13.8 Å². The van der Waals surface area contributed by atoms with E-state index >= 15 is 0 Å². The Balaban J connectivity index is 1.87. The molecule has 20 heteroatoms. The highest BCUT2D eigenvalue weighted by molar-refractivity contribution is 7.84. The molecule has 1 aliphatic heterocycles. The van der Waals surface area contributed by atoms with Gasteiger partial charge in [0.25, 0.3) is 0 Å². The van der Waals surface area contributed by atoms with Crippen LogP contribution in [0.3, 0.4) is 0 Å². The Morgan fingerprint density at radius 2 is 2.00 bits per heavy atom. The SMILES string of the molecule is CC(C)(O/N=C(\C(=O)C[C@@H]1C(=O)N(S(=O)(=O)O)[C@@H]1Cn1ncc(CN=C(N)N)n1)c1csc(N)n1)C(=O)O. The molecule has 206 valence electrons. The van der Waals surface area contributed by atoms with Crippen LogP contribution in [0.4, 0.5) is 5.13 Å². The Kier molecular flexibility index (Phi) is 7.98. The third kappa shape index (κ3) is 6.39. The fourth-order valence-corrected chi connectivity index (χ4v) is 4.71. The van der Waals surface area contributed by atoms with Gasteiger partial charge in [0.2, 0.25) is 11.5 Å². The smallest absolute Gasteiger partial charge is 0.362 e. The van der Waals surface area contributed by atoms with Gasteiger partial charge in [-0.2, -0.15) is 23.4 Å². The number of amides is 1. The number of carbonyl (C=O) groups is 3. The number of nitrogens with two attached hydrogens (primary N) is 3. The van der Waals surface area contributed by atoms with Crippen LogP contribution in [0, 0.1) is 5.92 Å². The summed E-state index contributed by atoms with van der Waals surface area (Å²) in [6.45, 7) is 2.07. The Hall–Kier alpha value is -4.17. The highest BCUT2D eigenvalue weighted by atomic mass is 32.2. The summed E-state index contributed by atoms with van der Waals surface area (Å²) >= 11 is 0.973. The van der Waals surface area contributed by atoms with Gasteiger partial charge >= 0.3 is 16.3 Å². The molecule has 0 saturated carbocycles. The van der Waals surface area contributed by atoms with Crippen molar-refractivity contribution in [2.75, 3.05) is 5.73 Å². The summed E-state index contributed by atoms with van der Waals surface area (Å²) in [7, 11) is -4.97. The second-order valence-electron chi connectivity index (χ2n) is 8.46. The second kappa shape index (κ2) is 10.7. The van der Waals surface area contributed by atoms with Crippen LogP contribution in [0.2, 0.25) is 0 Å². The van der Waals surface area contributed by atoms with Crippen LogP contribution in [0.5, 0.6) is 0 Å². The van der Waals surface area contributed by atoms with E-state index in [1.807, 2.05) is 0 Å². The normalized spacial score (nSPS) is 18.1. The average molecular weight is 573 g/mol. The number of hydrogen-bond acceptors (Lipinski definition) is 13. The van der Waals surface area contributed by atoms with Crippen molar-refractivity contribution in [3.05, 3.63) is 23.0 Å². The first-order chi connectivity index (χ1) is 17.6. The maximum atomic E-state index is 13.2. The summed E-state index contributed by atoms with van der Waals surface area (Å²) in [4.78, 5) is 51.0. The number of rotatable bonds is 12. The fraction of sp³-hybridized carbons (Fsp3) is 0.444. The summed E-state index contributed by atoms with van der Waals surface area (Å²) in [5.41, 5.74) is 14.2. The first kappa shape index (κ1) is 28.4. The second-order valence-corrected chi connectivity index (χ2v) is 10.6. The number of hydrogen-bond donors (Lipinski definition) is 5. The summed E-state index contributed by atoms with van der Waals surface area (Å²) in [5.74, 6) is -4.67. The minimum atomic E-state index is -4.97. The van der Waals surface area contributed by atoms with E-state index < -0.39 is 57.7 Å². The van der Waals surface area contributed by atoms with Crippen LogP contribution in [-0.2, 0) is 42.6 Å². The van der Waals surface area contributed by atoms with Gasteiger partial charge in [-0.3, -0.25) is 14.1 Å². The van der Waals surface area contributed by atoms with Crippen LogP contribution >= 0.6 is 11.3 Å². The zero-order chi connectivity index (χ0) is 28.4. The molecule has 1 aliphatic rings. The minimum absolute atomic E-state index is 0.0147. The molecule has 2 atom stereocenters. The van der Waals surface area contributed by atoms with E-state index in [1.54, 1.807) is 0 Å². The molecule has 3 heterocycles. The number of ketones is 1. The first-order valence-corrected chi connectivity index (χ1v) is 12.9. The summed E-state index contributed by atoms with van der Waals surface area (Å²) < 4.78 is 33.4. The molecule has 0 unspecified atom stereocenters. The number of aromatic nitrogens is 4. The number of aliphatic carboxylic acids is 1. The first-order valence-electron chi connectivity index (χ1n) is 10.6. The van der Waals surface area contributed by atoms with Crippen LogP contribution in [0.25, 0.3) is 0 Å². The number of β-lactam (4-membered cyclic amide) rings is 1. The lowest BCUT2D eigenvalue weighted by molar-refractivity contribution is -0.161. The molecule has 1 fully saturated rings. The van der Waals surface area contributed by atoms with E-state index in [9.17, 15) is 32.5 Å². The van der Waals surface area contributed by atoms with Crippen molar-refractivity contribution in [1.29, 1.82) is 0 Å². The lowest BCUT2D eigenvalue weighted by Crippen LogP contribution is -2.64. The molecule has 1 saturated heterocycles. The summed E-state index contributed by atoms with van der Waals surface area (Å²) in [6.07, 6.45) is 0.717. The number of oxime groups is 1. The predicted molar refractivity (Wildman–Crippen MR) is 131 cm³/mol. The number of carbonyl (C=O) groups excluding carboxylic acids is 2. The third-order valence-electron chi connectivity index (χ3n) is 5.22. The molecule has 0 aliphatic carbocycles. The van der Waals surface area contributed by atoms with Gasteiger partial charge in [0.05, 0.1) is 31.2 Å². The maximum Gasteiger partial charge on any atom is 0.362 e. The van der Waals surface area contributed by atoms with E-state index in [0.29, 0.717) is 5.69 Å². The molecular weight excluding hydrogens is 548 g/mol. The molecule has 38 heavy (non-hydrogen) atoms. The van der Waals surface area contributed by atoms with Gasteiger partial charge in [0, 0.05) is 11.8 Å².